The summed E-state index contributed by atoms with van der Waals surface area (Å²) < 4.78 is 26.7. The summed E-state index contributed by atoms with van der Waals surface area (Å²) in [5.41, 5.74) is -0.215. The van der Waals surface area contributed by atoms with Crippen LogP contribution in [-0.2, 0) is 5.41 Å². The van der Waals surface area contributed by atoms with E-state index < -0.39 is 11.6 Å². The second kappa shape index (κ2) is 3.42. The number of rotatable bonds is 0. The van der Waals surface area contributed by atoms with Gasteiger partial charge in [0.2, 0.25) is 0 Å². The van der Waals surface area contributed by atoms with Crippen LogP contribution in [0.3, 0.4) is 0 Å². The summed E-state index contributed by atoms with van der Waals surface area (Å²) in [6.45, 7) is 5.55. The van der Waals surface area contributed by atoms with Crippen molar-refractivity contribution in [3.8, 4) is 12.3 Å². The van der Waals surface area contributed by atoms with Crippen molar-refractivity contribution >= 4 is 0 Å². The Labute approximate surface area is 83.0 Å². The molecule has 0 N–H and O–H groups in total. The van der Waals surface area contributed by atoms with Crippen LogP contribution in [0.2, 0.25) is 0 Å². The average molecular weight is 194 g/mol. The highest BCUT2D eigenvalue weighted by molar-refractivity contribution is 5.40. The molecule has 0 atom stereocenters. The fourth-order valence-corrected chi connectivity index (χ4v) is 1.26. The van der Waals surface area contributed by atoms with Crippen LogP contribution in [0.1, 0.15) is 31.9 Å². The van der Waals surface area contributed by atoms with E-state index in [0.29, 0.717) is 5.56 Å². The first-order valence-corrected chi connectivity index (χ1v) is 4.33. The van der Waals surface area contributed by atoms with Gasteiger partial charge in [-0.15, -0.1) is 6.42 Å². The van der Waals surface area contributed by atoms with E-state index in [0.717, 1.165) is 0 Å². The Morgan fingerprint density at radius 1 is 1.21 bits per heavy atom. The Balaban J connectivity index is 3.46. The maximum Gasteiger partial charge on any atom is 0.145 e. The van der Waals surface area contributed by atoms with Gasteiger partial charge in [-0.3, -0.25) is 0 Å². The van der Waals surface area contributed by atoms with Gasteiger partial charge in [0.15, 0.2) is 0 Å². The lowest BCUT2D eigenvalue weighted by Gasteiger charge is -2.20. The second-order valence-corrected chi connectivity index (χ2v) is 4.18. The lowest BCUT2D eigenvalue weighted by Crippen LogP contribution is -2.15. The van der Waals surface area contributed by atoms with Gasteiger partial charge in [-0.2, -0.15) is 0 Å². The summed E-state index contributed by atoms with van der Waals surface area (Å²) in [5, 5.41) is 0. The molecular formula is C12H12F2. The first-order valence-electron chi connectivity index (χ1n) is 4.33. The summed E-state index contributed by atoms with van der Waals surface area (Å²) in [4.78, 5) is 0. The Morgan fingerprint density at radius 2 is 1.79 bits per heavy atom. The monoisotopic (exact) mass is 194 g/mol. The molecule has 74 valence electrons. The molecular weight excluding hydrogens is 182 g/mol. The second-order valence-electron chi connectivity index (χ2n) is 4.18. The molecule has 0 amide bonds. The van der Waals surface area contributed by atoms with Gasteiger partial charge >= 0.3 is 0 Å². The number of benzene rings is 1. The average Bonchev–Trinajstić information content (AvgIpc) is 2.02. The Bertz CT molecular complexity index is 392. The predicted molar refractivity (Wildman–Crippen MR) is 53.0 cm³/mol. The van der Waals surface area contributed by atoms with Gasteiger partial charge in [0.25, 0.3) is 0 Å². The molecule has 0 aliphatic carbocycles. The van der Waals surface area contributed by atoms with Gasteiger partial charge in [0.05, 0.1) is 5.56 Å². The van der Waals surface area contributed by atoms with Crippen molar-refractivity contribution in [1.29, 1.82) is 0 Å². The fraction of sp³-hybridized carbons (Fsp3) is 0.333. The highest BCUT2D eigenvalue weighted by Crippen LogP contribution is 2.27. The third-order valence-corrected chi connectivity index (χ3v) is 2.04. The minimum absolute atomic E-state index is 0.280. The van der Waals surface area contributed by atoms with Crippen molar-refractivity contribution in [2.75, 3.05) is 0 Å². The predicted octanol–water partition coefficient (Wildman–Crippen LogP) is 3.24. The zero-order chi connectivity index (χ0) is 10.9. The van der Waals surface area contributed by atoms with E-state index in [4.69, 9.17) is 6.42 Å². The molecule has 0 aliphatic rings. The van der Waals surface area contributed by atoms with Gasteiger partial charge in [-0.05, 0) is 17.0 Å². The van der Waals surface area contributed by atoms with E-state index >= 15 is 0 Å². The fourth-order valence-electron chi connectivity index (χ4n) is 1.26. The molecule has 0 aromatic heterocycles. The minimum Gasteiger partial charge on any atom is -0.206 e. The number of hydrogen-bond acceptors (Lipinski definition) is 0. The van der Waals surface area contributed by atoms with Gasteiger partial charge < -0.3 is 0 Å². The molecule has 0 nitrogen and oxygen atoms in total. The van der Waals surface area contributed by atoms with Crippen molar-refractivity contribution in [3.05, 3.63) is 34.9 Å². The Morgan fingerprint density at radius 3 is 2.21 bits per heavy atom. The third-order valence-electron chi connectivity index (χ3n) is 2.04. The molecule has 1 aromatic carbocycles. The number of terminal acetylenes is 1. The molecule has 0 bridgehead atoms. The van der Waals surface area contributed by atoms with Gasteiger partial charge in [-0.25, -0.2) is 8.78 Å². The van der Waals surface area contributed by atoms with Crippen LogP contribution < -0.4 is 0 Å². The van der Waals surface area contributed by atoms with Crippen molar-refractivity contribution in [1.82, 2.24) is 0 Å². The highest BCUT2D eigenvalue weighted by Gasteiger charge is 2.21. The zero-order valence-electron chi connectivity index (χ0n) is 8.49. The standard InChI is InChI=1S/C12H12F2/c1-5-8-10(13)7-6-9(11(8)14)12(2,3)4/h1,6-7H,2-4H3. The van der Waals surface area contributed by atoms with E-state index in [2.05, 4.69) is 0 Å². The highest BCUT2D eigenvalue weighted by atomic mass is 19.1. The summed E-state index contributed by atoms with van der Waals surface area (Å²) in [6, 6.07) is 2.64. The first-order chi connectivity index (χ1) is 6.38. The van der Waals surface area contributed by atoms with Crippen molar-refractivity contribution in [2.45, 2.75) is 26.2 Å². The summed E-state index contributed by atoms with van der Waals surface area (Å²) in [6.07, 6.45) is 5.03. The largest absolute Gasteiger partial charge is 0.206 e. The maximum absolute atomic E-state index is 13.6. The van der Waals surface area contributed by atoms with Crippen LogP contribution in [-0.4, -0.2) is 0 Å². The van der Waals surface area contributed by atoms with Gasteiger partial charge in [0, 0.05) is 0 Å². The Kier molecular flexibility index (Phi) is 2.62. The quantitative estimate of drug-likeness (QED) is 0.556. The molecule has 0 aliphatic heterocycles. The molecule has 2 heteroatoms. The molecule has 1 aromatic rings. The van der Waals surface area contributed by atoms with Crippen LogP contribution in [0.5, 0.6) is 0 Å². The van der Waals surface area contributed by atoms with Crippen LogP contribution in [0.4, 0.5) is 8.78 Å². The van der Waals surface area contributed by atoms with Crippen LogP contribution in [0.25, 0.3) is 0 Å². The lowest BCUT2D eigenvalue weighted by molar-refractivity contribution is 0.508. The van der Waals surface area contributed by atoms with Crippen LogP contribution in [0.15, 0.2) is 12.1 Å². The first kappa shape index (κ1) is 10.7. The smallest absolute Gasteiger partial charge is 0.145 e. The minimum atomic E-state index is -0.682. The summed E-state index contributed by atoms with van der Waals surface area (Å²) in [5.74, 6) is 0.719. The molecule has 1 rings (SSSR count). The van der Waals surface area contributed by atoms with Gasteiger partial charge in [0.1, 0.15) is 11.6 Å². The molecule has 0 saturated carbocycles. The van der Waals surface area contributed by atoms with Crippen LogP contribution in [0, 0.1) is 24.0 Å². The topological polar surface area (TPSA) is 0 Å². The van der Waals surface area contributed by atoms with E-state index in [1.54, 1.807) is 0 Å². The third kappa shape index (κ3) is 1.77. The van der Waals surface area contributed by atoms with E-state index in [1.165, 1.54) is 12.1 Å². The zero-order valence-corrected chi connectivity index (χ0v) is 8.49. The summed E-state index contributed by atoms with van der Waals surface area (Å²) >= 11 is 0. The van der Waals surface area contributed by atoms with Crippen molar-refractivity contribution in [3.63, 3.8) is 0 Å². The normalized spacial score (nSPS) is 11.1. The van der Waals surface area contributed by atoms with Crippen molar-refractivity contribution < 1.29 is 8.78 Å². The molecule has 0 heterocycles. The molecule has 14 heavy (non-hydrogen) atoms. The molecule has 0 fully saturated rings. The Hall–Kier alpha value is -1.36. The molecule has 0 radical (unpaired) electrons. The van der Waals surface area contributed by atoms with Crippen LogP contribution >= 0.6 is 0 Å². The summed E-state index contributed by atoms with van der Waals surface area (Å²) in [7, 11) is 0. The lowest BCUT2D eigenvalue weighted by atomic mass is 9.85. The number of halogens is 2. The molecule has 0 saturated heterocycles. The SMILES string of the molecule is C#Cc1c(F)ccc(C(C)(C)C)c1F. The van der Waals surface area contributed by atoms with E-state index in [-0.39, 0.29) is 11.0 Å². The molecule has 0 spiro atoms. The van der Waals surface area contributed by atoms with Gasteiger partial charge in [-0.1, -0.05) is 32.8 Å². The molecule has 0 unspecified atom stereocenters. The van der Waals surface area contributed by atoms with E-state index in [9.17, 15) is 8.78 Å². The maximum atomic E-state index is 13.6. The number of hydrogen-bond donors (Lipinski definition) is 0. The van der Waals surface area contributed by atoms with Crippen molar-refractivity contribution in [2.24, 2.45) is 0 Å². The van der Waals surface area contributed by atoms with E-state index in [1.807, 2.05) is 26.7 Å².